The van der Waals surface area contributed by atoms with Gasteiger partial charge < -0.3 is 10.2 Å². The second kappa shape index (κ2) is 7.95. The monoisotopic (exact) mass is 435 g/mol. The van der Waals surface area contributed by atoms with Gasteiger partial charge in [0, 0.05) is 43.1 Å². The van der Waals surface area contributed by atoms with Crippen LogP contribution >= 0.6 is 0 Å². The Kier molecular flexibility index (Phi) is 4.99. The van der Waals surface area contributed by atoms with Crippen molar-refractivity contribution < 1.29 is 8.42 Å². The van der Waals surface area contributed by atoms with Gasteiger partial charge in [-0.3, -0.25) is 4.98 Å². The molecular formula is C21H21N7O2S. The van der Waals surface area contributed by atoms with Crippen molar-refractivity contribution in [2.24, 2.45) is 0 Å². The highest BCUT2D eigenvalue weighted by Gasteiger charge is 2.21. The fourth-order valence-corrected chi connectivity index (χ4v) is 4.76. The van der Waals surface area contributed by atoms with Crippen LogP contribution in [0.4, 0.5) is 17.3 Å². The molecule has 4 aromatic rings. The van der Waals surface area contributed by atoms with Crippen LogP contribution in [-0.2, 0) is 16.4 Å². The van der Waals surface area contributed by atoms with Gasteiger partial charge >= 0.3 is 0 Å². The minimum atomic E-state index is -2.89. The number of hydrogen-bond donors (Lipinski definition) is 1. The standard InChI is InChI=1S/C21H21N7O2S/c29-31(30)10-8-27(9-11-31)19-5-3-18(4-6-19)25-21-23-13-17-14-24-28(20(17)26-21)15-16-2-1-7-22-12-16/h1-7,12-14H,8-11,15H2,(H,23,25,26). The largest absolute Gasteiger partial charge is 0.369 e. The number of aromatic nitrogens is 5. The van der Waals surface area contributed by atoms with Crippen LogP contribution in [0.2, 0.25) is 0 Å². The molecule has 0 aliphatic carbocycles. The lowest BCUT2D eigenvalue weighted by atomic mass is 10.2. The Morgan fingerprint density at radius 3 is 2.55 bits per heavy atom. The Morgan fingerprint density at radius 2 is 1.81 bits per heavy atom. The maximum Gasteiger partial charge on any atom is 0.229 e. The third-order valence-corrected chi connectivity index (χ3v) is 6.87. The molecule has 0 atom stereocenters. The van der Waals surface area contributed by atoms with Crippen LogP contribution < -0.4 is 10.2 Å². The van der Waals surface area contributed by atoms with E-state index in [-0.39, 0.29) is 11.5 Å². The summed E-state index contributed by atoms with van der Waals surface area (Å²) in [6, 6.07) is 11.7. The first-order valence-corrected chi connectivity index (χ1v) is 11.8. The first-order chi connectivity index (χ1) is 15.1. The number of nitrogens with one attached hydrogen (secondary N) is 1. The zero-order chi connectivity index (χ0) is 21.3. The summed E-state index contributed by atoms with van der Waals surface area (Å²) in [6.45, 7) is 1.62. The first kappa shape index (κ1) is 19.4. The van der Waals surface area contributed by atoms with Crippen LogP contribution in [0.1, 0.15) is 5.56 Å². The predicted molar refractivity (Wildman–Crippen MR) is 119 cm³/mol. The molecule has 31 heavy (non-hydrogen) atoms. The number of rotatable bonds is 5. The van der Waals surface area contributed by atoms with Crippen molar-refractivity contribution in [3.63, 3.8) is 0 Å². The summed E-state index contributed by atoms with van der Waals surface area (Å²) in [5, 5.41) is 8.52. The molecule has 0 amide bonds. The van der Waals surface area contributed by atoms with Crippen LogP contribution in [0.5, 0.6) is 0 Å². The molecular weight excluding hydrogens is 414 g/mol. The summed E-state index contributed by atoms with van der Waals surface area (Å²) in [7, 11) is -2.89. The molecule has 3 aromatic heterocycles. The second-order valence-corrected chi connectivity index (χ2v) is 9.75. The van der Waals surface area contributed by atoms with Gasteiger partial charge in [0.05, 0.1) is 29.6 Å². The van der Waals surface area contributed by atoms with Crippen molar-refractivity contribution in [3.05, 3.63) is 66.7 Å². The van der Waals surface area contributed by atoms with Gasteiger partial charge in [0.15, 0.2) is 15.5 Å². The maximum absolute atomic E-state index is 11.6. The number of benzene rings is 1. The third-order valence-electron chi connectivity index (χ3n) is 5.26. The second-order valence-electron chi connectivity index (χ2n) is 7.45. The Bertz CT molecular complexity index is 1290. The average molecular weight is 436 g/mol. The summed E-state index contributed by atoms with van der Waals surface area (Å²) in [6.07, 6.45) is 7.06. The Labute approximate surface area is 179 Å². The minimum absolute atomic E-state index is 0.202. The third kappa shape index (κ3) is 4.33. The molecule has 10 heteroatoms. The van der Waals surface area contributed by atoms with Gasteiger partial charge in [-0.1, -0.05) is 6.07 Å². The van der Waals surface area contributed by atoms with Crippen molar-refractivity contribution in [1.29, 1.82) is 0 Å². The summed E-state index contributed by atoms with van der Waals surface area (Å²) < 4.78 is 25.1. The molecule has 0 unspecified atom stereocenters. The summed E-state index contributed by atoms with van der Waals surface area (Å²) in [5.41, 5.74) is 3.65. The number of pyridine rings is 1. The molecule has 1 fully saturated rings. The van der Waals surface area contributed by atoms with Gasteiger partial charge in [-0.25, -0.2) is 18.1 Å². The van der Waals surface area contributed by atoms with Gasteiger partial charge in [0.25, 0.3) is 0 Å². The molecule has 1 aliphatic rings. The summed E-state index contributed by atoms with van der Waals surface area (Å²) in [4.78, 5) is 15.3. The molecule has 1 N–H and O–H groups in total. The number of anilines is 3. The van der Waals surface area contributed by atoms with Gasteiger partial charge in [0.2, 0.25) is 5.95 Å². The summed E-state index contributed by atoms with van der Waals surface area (Å²) >= 11 is 0. The molecule has 1 aliphatic heterocycles. The highest BCUT2D eigenvalue weighted by molar-refractivity contribution is 7.91. The van der Waals surface area contributed by atoms with E-state index in [2.05, 4.69) is 30.3 Å². The molecule has 1 aromatic carbocycles. The van der Waals surface area contributed by atoms with E-state index in [1.165, 1.54) is 0 Å². The number of nitrogens with zero attached hydrogens (tertiary/aromatic N) is 6. The van der Waals surface area contributed by atoms with Crippen molar-refractivity contribution in [2.45, 2.75) is 6.54 Å². The van der Waals surface area contributed by atoms with Crippen molar-refractivity contribution in [1.82, 2.24) is 24.7 Å². The highest BCUT2D eigenvalue weighted by Crippen LogP contribution is 2.22. The average Bonchev–Trinajstić information content (AvgIpc) is 3.17. The Hall–Kier alpha value is -3.53. The van der Waals surface area contributed by atoms with E-state index in [9.17, 15) is 8.42 Å². The zero-order valence-corrected chi connectivity index (χ0v) is 17.5. The number of fused-ring (bicyclic) bond motifs is 1. The quantitative estimate of drug-likeness (QED) is 0.509. The highest BCUT2D eigenvalue weighted by atomic mass is 32.2. The number of sulfone groups is 1. The molecule has 0 radical (unpaired) electrons. The van der Waals surface area contributed by atoms with E-state index in [1.807, 2.05) is 47.3 Å². The van der Waals surface area contributed by atoms with Gasteiger partial charge in [-0.2, -0.15) is 10.1 Å². The smallest absolute Gasteiger partial charge is 0.229 e. The van der Waals surface area contributed by atoms with Crippen LogP contribution in [0.3, 0.4) is 0 Å². The number of hydrogen-bond acceptors (Lipinski definition) is 8. The molecule has 0 bridgehead atoms. The van der Waals surface area contributed by atoms with E-state index in [4.69, 9.17) is 0 Å². The lowest BCUT2D eigenvalue weighted by Gasteiger charge is -2.28. The first-order valence-electron chi connectivity index (χ1n) is 9.96. The van der Waals surface area contributed by atoms with Crippen molar-refractivity contribution in [3.8, 4) is 0 Å². The van der Waals surface area contributed by atoms with Crippen molar-refractivity contribution >= 4 is 38.2 Å². The Balaban J connectivity index is 1.31. The van der Waals surface area contributed by atoms with Gasteiger partial charge in [-0.15, -0.1) is 0 Å². The molecule has 1 saturated heterocycles. The lowest BCUT2D eigenvalue weighted by Crippen LogP contribution is -2.40. The van der Waals surface area contributed by atoms with E-state index in [0.717, 1.165) is 28.0 Å². The molecule has 4 heterocycles. The normalized spacial score (nSPS) is 15.8. The van der Waals surface area contributed by atoms with E-state index < -0.39 is 9.84 Å². The van der Waals surface area contributed by atoms with Crippen molar-refractivity contribution in [2.75, 3.05) is 34.8 Å². The van der Waals surface area contributed by atoms with Crippen LogP contribution in [0.15, 0.2) is 61.2 Å². The van der Waals surface area contributed by atoms with Crippen LogP contribution in [-0.4, -0.2) is 57.7 Å². The van der Waals surface area contributed by atoms with E-state index in [0.29, 0.717) is 25.6 Å². The lowest BCUT2D eigenvalue weighted by molar-refractivity contribution is 0.587. The topological polar surface area (TPSA) is 106 Å². The molecule has 0 saturated carbocycles. The van der Waals surface area contributed by atoms with E-state index in [1.54, 1.807) is 18.6 Å². The van der Waals surface area contributed by atoms with E-state index >= 15 is 0 Å². The summed E-state index contributed by atoms with van der Waals surface area (Å²) in [5.74, 6) is 0.887. The fraction of sp³-hybridized carbons (Fsp3) is 0.238. The Morgan fingerprint density at radius 1 is 1.00 bits per heavy atom. The maximum atomic E-state index is 11.6. The molecule has 9 nitrogen and oxygen atoms in total. The van der Waals surface area contributed by atoms with Gasteiger partial charge in [-0.05, 0) is 35.9 Å². The molecule has 158 valence electrons. The SMILES string of the molecule is O=S1(=O)CCN(c2ccc(Nc3ncc4cnn(Cc5cccnc5)c4n3)cc2)CC1. The molecule has 0 spiro atoms. The van der Waals surface area contributed by atoms with Gasteiger partial charge in [0.1, 0.15) is 0 Å². The zero-order valence-electron chi connectivity index (χ0n) is 16.7. The predicted octanol–water partition coefficient (Wildman–Crippen LogP) is 2.25. The fourth-order valence-electron chi connectivity index (χ4n) is 3.56. The minimum Gasteiger partial charge on any atom is -0.369 e. The van der Waals surface area contributed by atoms with Crippen LogP contribution in [0.25, 0.3) is 11.0 Å². The molecule has 5 rings (SSSR count). The van der Waals surface area contributed by atoms with Crippen LogP contribution in [0, 0.1) is 0 Å².